The van der Waals surface area contributed by atoms with Gasteiger partial charge in [0.1, 0.15) is 17.2 Å². The number of aryl methyl sites for hydroxylation is 1. The number of rotatable bonds is 2. The molecule has 1 saturated carbocycles. The van der Waals surface area contributed by atoms with Crippen LogP contribution in [0.25, 0.3) is 0 Å². The van der Waals surface area contributed by atoms with Gasteiger partial charge in [0.25, 0.3) is 0 Å². The van der Waals surface area contributed by atoms with E-state index >= 15 is 0 Å². The number of nitrogens with zero attached hydrogens (tertiary/aromatic N) is 5. The predicted molar refractivity (Wildman–Crippen MR) is 122 cm³/mol. The van der Waals surface area contributed by atoms with E-state index in [1.807, 2.05) is 20.8 Å². The van der Waals surface area contributed by atoms with Crippen LogP contribution in [0.3, 0.4) is 0 Å². The number of anilines is 1. The minimum Gasteiger partial charge on any atom is -0.444 e. The van der Waals surface area contributed by atoms with Crippen molar-refractivity contribution in [3.05, 3.63) is 41.0 Å². The lowest BCUT2D eigenvalue weighted by molar-refractivity contribution is -0.137. The quantitative estimate of drug-likeness (QED) is 0.425. The summed E-state index contributed by atoms with van der Waals surface area (Å²) in [4.78, 5) is 21.5. The lowest BCUT2D eigenvalue weighted by atomic mass is 9.90. The van der Waals surface area contributed by atoms with E-state index in [4.69, 9.17) is 14.8 Å². The molecule has 0 N–H and O–H groups in total. The van der Waals surface area contributed by atoms with Crippen LogP contribution in [0, 0.1) is 11.7 Å². The Hall–Kier alpha value is -2.85. The molecule has 4 atom stereocenters. The van der Waals surface area contributed by atoms with Crippen molar-refractivity contribution in [2.45, 2.75) is 82.3 Å². The molecule has 4 heterocycles. The molecular weight excluding hydrogens is 478 g/mol. The van der Waals surface area contributed by atoms with Crippen LogP contribution in [0.1, 0.15) is 69.3 Å². The van der Waals surface area contributed by atoms with E-state index in [1.165, 1.54) is 6.07 Å². The number of piperidine rings is 2. The molecule has 36 heavy (non-hydrogen) atoms. The highest BCUT2D eigenvalue weighted by atomic mass is 19.4. The van der Waals surface area contributed by atoms with E-state index in [0.29, 0.717) is 49.8 Å². The van der Waals surface area contributed by atoms with Crippen LogP contribution in [-0.2, 0) is 17.5 Å². The highest BCUT2D eigenvalue weighted by Gasteiger charge is 2.73. The fourth-order valence-corrected chi connectivity index (χ4v) is 6.54. The number of aromatic nitrogens is 3. The molecule has 3 fully saturated rings. The zero-order chi connectivity index (χ0) is 25.6. The van der Waals surface area contributed by atoms with Gasteiger partial charge in [-0.25, -0.2) is 13.9 Å². The van der Waals surface area contributed by atoms with Gasteiger partial charge in [-0.2, -0.15) is 18.2 Å². The van der Waals surface area contributed by atoms with Gasteiger partial charge in [-0.05, 0) is 70.1 Å². The first-order valence-corrected chi connectivity index (χ1v) is 12.5. The highest BCUT2D eigenvalue weighted by Crippen LogP contribution is 2.60. The maximum atomic E-state index is 14.8. The third-order valence-electron chi connectivity index (χ3n) is 7.99. The van der Waals surface area contributed by atoms with E-state index in [0.717, 1.165) is 25.3 Å². The maximum absolute atomic E-state index is 14.8. The number of alkyl halides is 3. The molecule has 6 rings (SSSR count). The van der Waals surface area contributed by atoms with Gasteiger partial charge < -0.3 is 14.5 Å². The number of amides is 1. The summed E-state index contributed by atoms with van der Waals surface area (Å²) in [6.07, 6.45) is -1.64. The molecule has 2 aromatic rings. The minimum absolute atomic E-state index is 0.210. The average Bonchev–Trinajstić information content (AvgIpc) is 3.15. The molecule has 2 bridgehead atoms. The number of fused-ring (bicyclic) bond motifs is 1. The van der Waals surface area contributed by atoms with Crippen LogP contribution in [0.5, 0.6) is 0 Å². The number of benzene rings is 1. The second kappa shape index (κ2) is 7.58. The summed E-state index contributed by atoms with van der Waals surface area (Å²) in [6, 6.07) is 2.97. The predicted octanol–water partition coefficient (Wildman–Crippen LogP) is 4.95. The standard InChI is InChI=1S/C25H29F4N5O2/c1-23(2,3)36-22(35)32-12-14-8-9-24(13-32)19(14)34(24)21-30-20-17(5-4-10-33(20)31-21)16-7-6-15(11-18(16)26)25(27,28)29/h6-7,11,14,17,19H,4-5,8-10,12-13H2,1-3H3/t14-,17?,19-,24-,34?/m0/s1. The maximum Gasteiger partial charge on any atom is 0.416 e. The van der Waals surface area contributed by atoms with Crippen LogP contribution in [0.4, 0.5) is 28.3 Å². The van der Waals surface area contributed by atoms with Crippen molar-refractivity contribution in [2.24, 2.45) is 5.92 Å². The Bertz CT molecular complexity index is 1220. The Morgan fingerprint density at radius 1 is 1.19 bits per heavy atom. The summed E-state index contributed by atoms with van der Waals surface area (Å²) in [5.41, 5.74) is -1.57. The Kier molecular flexibility index (Phi) is 4.96. The van der Waals surface area contributed by atoms with Crippen molar-refractivity contribution >= 4 is 12.0 Å². The number of carbonyl (C=O) groups is 1. The molecular formula is C25H29F4N5O2. The Morgan fingerprint density at radius 3 is 2.67 bits per heavy atom. The van der Waals surface area contributed by atoms with Gasteiger partial charge in [-0.15, -0.1) is 5.10 Å². The van der Waals surface area contributed by atoms with Crippen molar-refractivity contribution in [2.75, 3.05) is 18.0 Å². The van der Waals surface area contributed by atoms with Crippen molar-refractivity contribution < 1.29 is 27.1 Å². The van der Waals surface area contributed by atoms with Gasteiger partial charge in [-0.3, -0.25) is 0 Å². The second-order valence-electron chi connectivity index (χ2n) is 11.5. The van der Waals surface area contributed by atoms with Gasteiger partial charge in [-0.1, -0.05) is 6.07 Å². The lowest BCUT2D eigenvalue weighted by Gasteiger charge is -2.31. The van der Waals surface area contributed by atoms with Gasteiger partial charge >= 0.3 is 12.3 Å². The summed E-state index contributed by atoms with van der Waals surface area (Å²) in [6.45, 7) is 7.35. The molecule has 1 aromatic heterocycles. The van der Waals surface area contributed by atoms with E-state index in [-0.39, 0.29) is 23.2 Å². The van der Waals surface area contributed by atoms with Gasteiger partial charge in [0.05, 0.1) is 17.1 Å². The van der Waals surface area contributed by atoms with Crippen molar-refractivity contribution in [3.63, 3.8) is 0 Å². The lowest BCUT2D eigenvalue weighted by Crippen LogP contribution is -2.47. The first kappa shape index (κ1) is 23.5. The normalized spacial score (nSPS) is 29.1. The zero-order valence-electron chi connectivity index (χ0n) is 20.5. The third-order valence-corrected chi connectivity index (χ3v) is 7.99. The topological polar surface area (TPSA) is 63.3 Å². The SMILES string of the molecule is CC(C)(C)OC(=O)N1C[C@@H]2CC[C@]3(C1)[C@H]2N3c1nc2n(n1)CCCC2c1ccc(C(F)(F)F)cc1F. The Labute approximate surface area is 206 Å². The second-order valence-corrected chi connectivity index (χ2v) is 11.5. The van der Waals surface area contributed by atoms with Gasteiger partial charge in [0.15, 0.2) is 0 Å². The molecule has 0 radical (unpaired) electrons. The highest BCUT2D eigenvalue weighted by molar-refractivity contribution is 5.71. The number of hydrogen-bond acceptors (Lipinski definition) is 5. The van der Waals surface area contributed by atoms with Crippen molar-refractivity contribution in [1.82, 2.24) is 19.7 Å². The van der Waals surface area contributed by atoms with Crippen LogP contribution < -0.4 is 4.90 Å². The van der Waals surface area contributed by atoms with Crippen LogP contribution in [0.15, 0.2) is 18.2 Å². The fraction of sp³-hybridized carbons (Fsp3) is 0.640. The summed E-state index contributed by atoms with van der Waals surface area (Å²) < 4.78 is 61.3. The van der Waals surface area contributed by atoms with Crippen LogP contribution >= 0.6 is 0 Å². The third kappa shape index (κ3) is 3.64. The molecule has 1 aromatic carbocycles. The number of halogens is 4. The summed E-state index contributed by atoms with van der Waals surface area (Å²) >= 11 is 0. The molecule has 1 unspecified atom stereocenters. The molecule has 7 nitrogen and oxygen atoms in total. The first-order chi connectivity index (χ1) is 16.9. The summed E-state index contributed by atoms with van der Waals surface area (Å²) in [5, 5.41) is 4.74. The van der Waals surface area contributed by atoms with E-state index in [1.54, 1.807) is 9.58 Å². The monoisotopic (exact) mass is 507 g/mol. The van der Waals surface area contributed by atoms with Crippen molar-refractivity contribution in [3.8, 4) is 0 Å². The minimum atomic E-state index is -4.60. The molecule has 1 aliphatic carbocycles. The van der Waals surface area contributed by atoms with Crippen molar-refractivity contribution in [1.29, 1.82) is 0 Å². The average molecular weight is 508 g/mol. The number of carbonyl (C=O) groups excluding carboxylic acids is 1. The summed E-state index contributed by atoms with van der Waals surface area (Å²) in [7, 11) is 0. The van der Waals surface area contributed by atoms with Crippen LogP contribution in [0.2, 0.25) is 0 Å². The molecule has 2 saturated heterocycles. The molecule has 1 amide bonds. The molecule has 3 aliphatic heterocycles. The number of likely N-dealkylation sites (tertiary alicyclic amines) is 1. The fourth-order valence-electron chi connectivity index (χ4n) is 6.54. The summed E-state index contributed by atoms with van der Waals surface area (Å²) in [5.74, 6) is 0.103. The molecule has 11 heteroatoms. The molecule has 0 spiro atoms. The van der Waals surface area contributed by atoms with Gasteiger partial charge in [0, 0.05) is 25.6 Å². The molecule has 4 aliphatic rings. The molecule has 194 valence electrons. The zero-order valence-corrected chi connectivity index (χ0v) is 20.5. The smallest absolute Gasteiger partial charge is 0.416 e. The number of hydrogen-bond donors (Lipinski definition) is 0. The Morgan fingerprint density at radius 2 is 1.97 bits per heavy atom. The number of ether oxygens (including phenoxy) is 1. The largest absolute Gasteiger partial charge is 0.444 e. The van der Waals surface area contributed by atoms with Crippen LogP contribution in [-0.4, -0.2) is 56.0 Å². The van der Waals surface area contributed by atoms with E-state index < -0.39 is 29.1 Å². The van der Waals surface area contributed by atoms with E-state index in [9.17, 15) is 22.4 Å². The Balaban J connectivity index is 1.26. The van der Waals surface area contributed by atoms with Gasteiger partial charge in [0.2, 0.25) is 5.95 Å². The first-order valence-electron chi connectivity index (χ1n) is 12.5. The van der Waals surface area contributed by atoms with E-state index in [2.05, 4.69) is 4.90 Å².